The third kappa shape index (κ3) is 3.67. The van der Waals surface area contributed by atoms with Crippen LogP contribution in [0.15, 0.2) is 24.3 Å². The number of benzene rings is 1. The Morgan fingerprint density at radius 2 is 1.96 bits per heavy atom. The summed E-state index contributed by atoms with van der Waals surface area (Å²) in [6, 6.07) is 8.57. The third-order valence-electron chi connectivity index (χ3n) is 4.93. The minimum atomic E-state index is -0.108. The summed E-state index contributed by atoms with van der Waals surface area (Å²) >= 11 is 0. The van der Waals surface area contributed by atoms with Crippen molar-refractivity contribution in [1.82, 2.24) is 15.8 Å². The van der Waals surface area contributed by atoms with E-state index in [1.54, 1.807) is 7.11 Å². The van der Waals surface area contributed by atoms with Crippen molar-refractivity contribution < 1.29 is 9.53 Å². The zero-order chi connectivity index (χ0) is 16.2. The second-order valence-corrected chi connectivity index (χ2v) is 6.65. The second kappa shape index (κ2) is 7.32. The highest BCUT2D eigenvalue weighted by Crippen LogP contribution is 2.32. The molecule has 0 radical (unpaired) electrons. The molecule has 5 nitrogen and oxygen atoms in total. The monoisotopic (exact) mass is 317 g/mol. The van der Waals surface area contributed by atoms with E-state index in [0.717, 1.165) is 31.6 Å². The van der Waals surface area contributed by atoms with Crippen molar-refractivity contribution in [3.05, 3.63) is 29.8 Å². The van der Waals surface area contributed by atoms with Crippen molar-refractivity contribution in [2.45, 2.75) is 57.2 Å². The fraction of sp³-hybridized carbons (Fsp3) is 0.611. The van der Waals surface area contributed by atoms with Crippen LogP contribution in [0.2, 0.25) is 0 Å². The van der Waals surface area contributed by atoms with Gasteiger partial charge in [-0.1, -0.05) is 25.0 Å². The number of hydrazine groups is 1. The number of hydrogen-bond acceptors (Lipinski definition) is 4. The number of methoxy groups -OCH3 is 1. The molecule has 3 rings (SSSR count). The van der Waals surface area contributed by atoms with E-state index in [1.807, 2.05) is 12.1 Å². The van der Waals surface area contributed by atoms with Crippen molar-refractivity contribution in [2.24, 2.45) is 0 Å². The highest BCUT2D eigenvalue weighted by Gasteiger charge is 2.34. The van der Waals surface area contributed by atoms with Gasteiger partial charge in [0.2, 0.25) is 5.91 Å². The number of nitrogens with zero attached hydrogens (tertiary/aromatic N) is 1. The van der Waals surface area contributed by atoms with E-state index in [4.69, 9.17) is 4.74 Å². The molecule has 2 heterocycles. The second-order valence-electron chi connectivity index (χ2n) is 6.65. The van der Waals surface area contributed by atoms with Crippen LogP contribution in [-0.2, 0) is 4.79 Å². The minimum Gasteiger partial charge on any atom is -0.497 e. The summed E-state index contributed by atoms with van der Waals surface area (Å²) in [4.78, 5) is 15.1. The Labute approximate surface area is 138 Å². The van der Waals surface area contributed by atoms with Crippen LogP contribution in [0.3, 0.4) is 0 Å². The average Bonchev–Trinajstić information content (AvgIpc) is 2.87. The van der Waals surface area contributed by atoms with Gasteiger partial charge in [0.25, 0.3) is 0 Å². The van der Waals surface area contributed by atoms with Gasteiger partial charge < -0.3 is 9.64 Å². The van der Waals surface area contributed by atoms with Crippen molar-refractivity contribution in [1.29, 1.82) is 0 Å². The molecular formula is C18H27N3O2. The number of rotatable bonds is 3. The van der Waals surface area contributed by atoms with E-state index in [2.05, 4.69) is 34.8 Å². The lowest BCUT2D eigenvalue weighted by Gasteiger charge is -2.32. The fourth-order valence-corrected chi connectivity index (χ4v) is 3.62. The largest absolute Gasteiger partial charge is 0.497 e. The Morgan fingerprint density at radius 1 is 1.17 bits per heavy atom. The molecule has 2 aliphatic heterocycles. The van der Waals surface area contributed by atoms with Crippen molar-refractivity contribution >= 4 is 5.91 Å². The minimum absolute atomic E-state index is 0.108. The van der Waals surface area contributed by atoms with Crippen LogP contribution in [0, 0.1) is 0 Å². The van der Waals surface area contributed by atoms with Crippen LogP contribution in [-0.4, -0.2) is 36.5 Å². The molecule has 1 aromatic rings. The number of ether oxygens (including phenoxy) is 1. The molecule has 2 saturated heterocycles. The van der Waals surface area contributed by atoms with Crippen LogP contribution in [0.1, 0.15) is 50.6 Å². The van der Waals surface area contributed by atoms with Gasteiger partial charge in [-0.2, -0.15) is 0 Å². The Morgan fingerprint density at radius 3 is 2.61 bits per heavy atom. The quantitative estimate of drug-likeness (QED) is 0.899. The first-order chi connectivity index (χ1) is 11.2. The fourth-order valence-electron chi connectivity index (χ4n) is 3.62. The maximum Gasteiger partial charge on any atom is 0.241 e. The van der Waals surface area contributed by atoms with Crippen LogP contribution < -0.4 is 15.6 Å². The topological polar surface area (TPSA) is 53.6 Å². The first kappa shape index (κ1) is 16.3. The molecule has 0 aliphatic carbocycles. The number of carbonyl (C=O) groups excluding carboxylic acids is 1. The van der Waals surface area contributed by atoms with E-state index < -0.39 is 0 Å². The van der Waals surface area contributed by atoms with Gasteiger partial charge in [-0.15, -0.1) is 0 Å². The van der Waals surface area contributed by atoms with Gasteiger partial charge in [-0.25, -0.2) is 5.43 Å². The molecule has 5 heteroatoms. The lowest BCUT2D eigenvalue weighted by atomic mass is 9.99. The van der Waals surface area contributed by atoms with Crippen molar-refractivity contribution in [3.8, 4) is 5.75 Å². The smallest absolute Gasteiger partial charge is 0.241 e. The molecule has 0 aromatic heterocycles. The van der Waals surface area contributed by atoms with Gasteiger partial charge in [0.1, 0.15) is 11.8 Å². The molecule has 126 valence electrons. The normalized spacial score (nSPS) is 28.4. The molecule has 0 spiro atoms. The highest BCUT2D eigenvalue weighted by atomic mass is 16.5. The molecule has 1 amide bonds. The number of carbonyl (C=O) groups is 1. The SMILES string of the molecule is COc1ccc(C2CCCCCN2C(=O)C2CC(C)NN2)cc1. The van der Waals surface area contributed by atoms with Crippen LogP contribution in [0.25, 0.3) is 0 Å². The van der Waals surface area contributed by atoms with Gasteiger partial charge in [-0.3, -0.25) is 10.2 Å². The summed E-state index contributed by atoms with van der Waals surface area (Å²) in [7, 11) is 1.68. The Hall–Kier alpha value is -1.59. The maximum absolute atomic E-state index is 13.0. The molecule has 3 unspecified atom stereocenters. The van der Waals surface area contributed by atoms with Gasteiger partial charge >= 0.3 is 0 Å². The molecular weight excluding hydrogens is 290 g/mol. The van der Waals surface area contributed by atoms with Crippen LogP contribution in [0.5, 0.6) is 5.75 Å². The van der Waals surface area contributed by atoms with Gasteiger partial charge in [0.15, 0.2) is 0 Å². The van der Waals surface area contributed by atoms with E-state index in [0.29, 0.717) is 6.04 Å². The summed E-state index contributed by atoms with van der Waals surface area (Å²) < 4.78 is 5.25. The Bertz CT molecular complexity index is 532. The first-order valence-corrected chi connectivity index (χ1v) is 8.64. The van der Waals surface area contributed by atoms with Crippen molar-refractivity contribution in [2.75, 3.05) is 13.7 Å². The summed E-state index contributed by atoms with van der Waals surface area (Å²) in [5.41, 5.74) is 7.52. The van der Waals surface area contributed by atoms with Gasteiger partial charge in [-0.05, 0) is 43.9 Å². The Balaban J connectivity index is 1.80. The first-order valence-electron chi connectivity index (χ1n) is 8.64. The molecule has 2 aliphatic rings. The molecule has 2 fully saturated rings. The predicted molar refractivity (Wildman–Crippen MR) is 90.1 cm³/mol. The standard InChI is InChI=1S/C18H27N3O2/c1-13-12-16(20-19-13)18(22)21-11-5-3-4-6-17(21)14-7-9-15(23-2)10-8-14/h7-10,13,16-17,19-20H,3-6,11-12H2,1-2H3. The summed E-state index contributed by atoms with van der Waals surface area (Å²) in [5.74, 6) is 1.08. The summed E-state index contributed by atoms with van der Waals surface area (Å²) in [6.45, 7) is 2.95. The third-order valence-corrected chi connectivity index (χ3v) is 4.93. The predicted octanol–water partition coefficient (Wildman–Crippen LogP) is 2.39. The number of amides is 1. The van der Waals surface area contributed by atoms with E-state index in [9.17, 15) is 4.79 Å². The van der Waals surface area contributed by atoms with E-state index in [1.165, 1.54) is 18.4 Å². The highest BCUT2D eigenvalue weighted by molar-refractivity contribution is 5.82. The molecule has 1 aromatic carbocycles. The number of likely N-dealkylation sites (tertiary alicyclic amines) is 1. The number of hydrogen-bond donors (Lipinski definition) is 2. The Kier molecular flexibility index (Phi) is 5.18. The van der Waals surface area contributed by atoms with Crippen LogP contribution in [0.4, 0.5) is 0 Å². The molecule has 0 saturated carbocycles. The molecule has 2 N–H and O–H groups in total. The molecule has 0 bridgehead atoms. The summed E-state index contributed by atoms with van der Waals surface area (Å²) in [5, 5.41) is 0. The van der Waals surface area contributed by atoms with Crippen LogP contribution >= 0.6 is 0 Å². The van der Waals surface area contributed by atoms with E-state index in [-0.39, 0.29) is 18.0 Å². The molecule has 23 heavy (non-hydrogen) atoms. The van der Waals surface area contributed by atoms with E-state index >= 15 is 0 Å². The lowest BCUT2D eigenvalue weighted by Crippen LogP contribution is -2.47. The number of nitrogens with one attached hydrogen (secondary N) is 2. The van der Waals surface area contributed by atoms with Crippen molar-refractivity contribution in [3.63, 3.8) is 0 Å². The van der Waals surface area contributed by atoms with Gasteiger partial charge in [0, 0.05) is 12.6 Å². The van der Waals surface area contributed by atoms with Gasteiger partial charge in [0.05, 0.1) is 13.2 Å². The zero-order valence-electron chi connectivity index (χ0n) is 14.0. The molecule has 3 atom stereocenters. The zero-order valence-corrected chi connectivity index (χ0v) is 14.0. The summed E-state index contributed by atoms with van der Waals surface area (Å²) in [6.07, 6.45) is 5.35. The average molecular weight is 317 g/mol. The lowest BCUT2D eigenvalue weighted by molar-refractivity contribution is -0.135. The maximum atomic E-state index is 13.0.